The van der Waals surface area contributed by atoms with Crippen LogP contribution in [0.4, 0.5) is 5.69 Å². The van der Waals surface area contributed by atoms with E-state index in [1.54, 1.807) is 18.5 Å². The standard InChI is InChI=1S/C14H7N5O2S2/c20-19(21)8-1-2-9-10(7-8)18-12(14-16-4-6-23-14)11(17-9)13-15-3-5-22-13/h1-7H. The van der Waals surface area contributed by atoms with Crippen LogP contribution >= 0.6 is 22.7 Å². The van der Waals surface area contributed by atoms with Crippen molar-refractivity contribution in [3.8, 4) is 21.4 Å². The van der Waals surface area contributed by atoms with Gasteiger partial charge in [-0.05, 0) is 6.07 Å². The number of rotatable bonds is 3. The monoisotopic (exact) mass is 341 g/mol. The molecule has 3 heterocycles. The van der Waals surface area contributed by atoms with Gasteiger partial charge in [0.2, 0.25) is 0 Å². The molecule has 112 valence electrons. The highest BCUT2D eigenvalue weighted by Gasteiger charge is 2.18. The Balaban J connectivity index is 2.02. The lowest BCUT2D eigenvalue weighted by Gasteiger charge is -2.05. The SMILES string of the molecule is O=[N+]([O-])c1ccc2nc(-c3nccs3)c(-c3nccs3)nc2c1. The van der Waals surface area contributed by atoms with Crippen LogP contribution in [-0.2, 0) is 0 Å². The van der Waals surface area contributed by atoms with Crippen molar-refractivity contribution in [3.05, 3.63) is 51.5 Å². The quantitative estimate of drug-likeness (QED) is 0.416. The first kappa shape index (κ1) is 13.9. The van der Waals surface area contributed by atoms with Crippen molar-refractivity contribution in [1.82, 2.24) is 19.9 Å². The lowest BCUT2D eigenvalue weighted by atomic mass is 10.2. The normalized spacial score (nSPS) is 11.0. The summed E-state index contributed by atoms with van der Waals surface area (Å²) in [5.74, 6) is 0. The number of nitro benzene ring substituents is 1. The highest BCUT2D eigenvalue weighted by Crippen LogP contribution is 2.33. The van der Waals surface area contributed by atoms with Gasteiger partial charge in [-0.2, -0.15) is 0 Å². The molecule has 1 aromatic carbocycles. The zero-order valence-electron chi connectivity index (χ0n) is 11.4. The summed E-state index contributed by atoms with van der Waals surface area (Å²) < 4.78 is 0. The third kappa shape index (κ3) is 2.45. The molecule has 0 amide bonds. The number of fused-ring (bicyclic) bond motifs is 1. The van der Waals surface area contributed by atoms with Gasteiger partial charge in [-0.25, -0.2) is 19.9 Å². The van der Waals surface area contributed by atoms with Crippen LogP contribution in [0, 0.1) is 10.1 Å². The van der Waals surface area contributed by atoms with E-state index in [2.05, 4.69) is 19.9 Å². The summed E-state index contributed by atoms with van der Waals surface area (Å²) in [6.07, 6.45) is 3.39. The highest BCUT2D eigenvalue weighted by molar-refractivity contribution is 7.14. The van der Waals surface area contributed by atoms with Gasteiger partial charge in [0, 0.05) is 35.3 Å². The van der Waals surface area contributed by atoms with E-state index in [1.165, 1.54) is 34.8 Å². The summed E-state index contributed by atoms with van der Waals surface area (Å²) in [6.45, 7) is 0. The van der Waals surface area contributed by atoms with Gasteiger partial charge >= 0.3 is 0 Å². The number of hydrogen-bond acceptors (Lipinski definition) is 8. The molecule has 0 aliphatic heterocycles. The molecule has 0 spiro atoms. The summed E-state index contributed by atoms with van der Waals surface area (Å²) in [7, 11) is 0. The topological polar surface area (TPSA) is 94.7 Å². The first-order chi connectivity index (χ1) is 11.2. The van der Waals surface area contributed by atoms with Crippen molar-refractivity contribution < 1.29 is 4.92 Å². The molecule has 0 unspecified atom stereocenters. The predicted octanol–water partition coefficient (Wildman–Crippen LogP) is 3.79. The Kier molecular flexibility index (Phi) is 3.28. The second kappa shape index (κ2) is 5.45. The maximum Gasteiger partial charge on any atom is 0.271 e. The van der Waals surface area contributed by atoms with Gasteiger partial charge in [-0.15, -0.1) is 22.7 Å². The lowest BCUT2D eigenvalue weighted by Crippen LogP contribution is -1.96. The molecule has 0 saturated heterocycles. The van der Waals surface area contributed by atoms with Crippen molar-refractivity contribution in [2.75, 3.05) is 0 Å². The van der Waals surface area contributed by atoms with Crippen molar-refractivity contribution in [1.29, 1.82) is 0 Å². The van der Waals surface area contributed by atoms with Gasteiger partial charge in [-0.3, -0.25) is 10.1 Å². The zero-order valence-corrected chi connectivity index (χ0v) is 13.0. The molecule has 0 fully saturated rings. The number of non-ortho nitro benzene ring substituents is 1. The van der Waals surface area contributed by atoms with Crippen molar-refractivity contribution in [2.24, 2.45) is 0 Å². The fourth-order valence-corrected chi connectivity index (χ4v) is 3.39. The third-order valence-electron chi connectivity index (χ3n) is 3.13. The molecule has 0 atom stereocenters. The first-order valence-corrected chi connectivity index (χ1v) is 8.24. The van der Waals surface area contributed by atoms with E-state index in [1.807, 2.05) is 10.8 Å². The third-order valence-corrected chi connectivity index (χ3v) is 4.69. The Bertz CT molecular complexity index is 1000. The smallest absolute Gasteiger partial charge is 0.258 e. The predicted molar refractivity (Wildman–Crippen MR) is 88.4 cm³/mol. The Morgan fingerprint density at radius 3 is 2.04 bits per heavy atom. The van der Waals surface area contributed by atoms with E-state index in [9.17, 15) is 10.1 Å². The molecule has 0 bridgehead atoms. The van der Waals surface area contributed by atoms with E-state index < -0.39 is 4.92 Å². The van der Waals surface area contributed by atoms with Crippen molar-refractivity contribution in [3.63, 3.8) is 0 Å². The average Bonchev–Trinajstić information content (AvgIpc) is 3.26. The van der Waals surface area contributed by atoms with E-state index >= 15 is 0 Å². The van der Waals surface area contributed by atoms with Crippen LogP contribution in [0.3, 0.4) is 0 Å². The van der Waals surface area contributed by atoms with Crippen LogP contribution in [0.2, 0.25) is 0 Å². The van der Waals surface area contributed by atoms with Crippen LogP contribution in [0.5, 0.6) is 0 Å². The number of hydrogen-bond donors (Lipinski definition) is 0. The van der Waals surface area contributed by atoms with Crippen molar-refractivity contribution in [2.45, 2.75) is 0 Å². The molecular weight excluding hydrogens is 334 g/mol. The summed E-state index contributed by atoms with van der Waals surface area (Å²) >= 11 is 2.89. The van der Waals surface area contributed by atoms with Crippen molar-refractivity contribution >= 4 is 39.4 Å². The van der Waals surface area contributed by atoms with Gasteiger partial charge in [0.25, 0.3) is 5.69 Å². The Labute approximate surface area is 137 Å². The Morgan fingerprint density at radius 2 is 1.52 bits per heavy atom. The van der Waals surface area contributed by atoms with Gasteiger partial charge < -0.3 is 0 Å². The zero-order chi connectivity index (χ0) is 15.8. The minimum Gasteiger partial charge on any atom is -0.258 e. The molecule has 7 nitrogen and oxygen atoms in total. The largest absolute Gasteiger partial charge is 0.271 e. The molecule has 0 aliphatic carbocycles. The number of thiazole rings is 2. The van der Waals surface area contributed by atoms with Gasteiger partial charge in [0.15, 0.2) is 0 Å². The minimum absolute atomic E-state index is 0.0149. The van der Waals surface area contributed by atoms with Crippen LogP contribution < -0.4 is 0 Å². The second-order valence-corrected chi connectivity index (χ2v) is 6.31. The number of benzene rings is 1. The van der Waals surface area contributed by atoms with Crippen LogP contribution in [0.15, 0.2) is 41.4 Å². The average molecular weight is 341 g/mol. The minimum atomic E-state index is -0.446. The summed E-state index contributed by atoms with van der Waals surface area (Å²) in [4.78, 5) is 28.2. The maximum atomic E-state index is 11.0. The molecule has 9 heteroatoms. The maximum absolute atomic E-state index is 11.0. The first-order valence-electron chi connectivity index (χ1n) is 6.48. The van der Waals surface area contributed by atoms with Gasteiger partial charge in [0.1, 0.15) is 21.4 Å². The molecule has 4 rings (SSSR count). The van der Waals surface area contributed by atoms with Crippen LogP contribution in [0.25, 0.3) is 32.4 Å². The molecular formula is C14H7N5O2S2. The Morgan fingerprint density at radius 1 is 0.913 bits per heavy atom. The van der Waals surface area contributed by atoms with Crippen LogP contribution in [0.1, 0.15) is 0 Å². The lowest BCUT2D eigenvalue weighted by molar-refractivity contribution is -0.384. The fraction of sp³-hybridized carbons (Fsp3) is 0. The van der Waals surface area contributed by atoms with Gasteiger partial charge in [0.05, 0.1) is 16.0 Å². The van der Waals surface area contributed by atoms with E-state index in [0.717, 1.165) is 5.01 Å². The van der Waals surface area contributed by atoms with E-state index in [-0.39, 0.29) is 5.69 Å². The molecule has 23 heavy (non-hydrogen) atoms. The Hall–Kier alpha value is -2.78. The number of nitrogens with zero attached hydrogens (tertiary/aromatic N) is 5. The molecule has 0 radical (unpaired) electrons. The van der Waals surface area contributed by atoms with E-state index in [0.29, 0.717) is 27.4 Å². The highest BCUT2D eigenvalue weighted by atomic mass is 32.1. The van der Waals surface area contributed by atoms with Gasteiger partial charge in [-0.1, -0.05) is 0 Å². The van der Waals surface area contributed by atoms with E-state index in [4.69, 9.17) is 0 Å². The fourth-order valence-electron chi connectivity index (χ4n) is 2.14. The summed E-state index contributed by atoms with van der Waals surface area (Å²) in [5, 5.41) is 16.1. The summed E-state index contributed by atoms with van der Waals surface area (Å²) in [5.41, 5.74) is 2.25. The summed E-state index contributed by atoms with van der Waals surface area (Å²) in [6, 6.07) is 4.44. The molecule has 3 aromatic heterocycles. The van der Waals surface area contributed by atoms with Crippen LogP contribution in [-0.4, -0.2) is 24.9 Å². The second-order valence-electron chi connectivity index (χ2n) is 4.53. The molecule has 0 N–H and O–H groups in total. The molecule has 0 aliphatic rings. The molecule has 4 aromatic rings. The molecule has 0 saturated carbocycles. The number of nitro groups is 1. The number of aromatic nitrogens is 4.